The molecule has 0 spiro atoms. The SMILES string of the molecule is N#Cc1cc(C(F)(F)F)ccc1N1CCC[C@@H](N)C1. The molecule has 1 aromatic carbocycles. The number of nitrogens with zero attached hydrogens (tertiary/aromatic N) is 2. The molecule has 19 heavy (non-hydrogen) atoms. The number of hydrogen-bond acceptors (Lipinski definition) is 3. The van der Waals surface area contributed by atoms with Crippen molar-refractivity contribution in [3.8, 4) is 6.07 Å². The molecule has 0 unspecified atom stereocenters. The summed E-state index contributed by atoms with van der Waals surface area (Å²) < 4.78 is 37.8. The molecule has 1 aliphatic rings. The van der Waals surface area contributed by atoms with Gasteiger partial charge in [0.2, 0.25) is 0 Å². The molecule has 0 amide bonds. The first-order valence-electron chi connectivity index (χ1n) is 6.03. The van der Waals surface area contributed by atoms with Gasteiger partial charge in [-0.3, -0.25) is 0 Å². The predicted octanol–water partition coefficient (Wildman–Crippen LogP) is 2.50. The molecule has 6 heteroatoms. The Morgan fingerprint density at radius 3 is 2.68 bits per heavy atom. The first kappa shape index (κ1) is 13.7. The number of piperidine rings is 1. The van der Waals surface area contributed by atoms with E-state index in [-0.39, 0.29) is 11.6 Å². The fourth-order valence-electron chi connectivity index (χ4n) is 2.31. The van der Waals surface area contributed by atoms with Gasteiger partial charge in [0.05, 0.1) is 16.8 Å². The summed E-state index contributed by atoms with van der Waals surface area (Å²) in [5.74, 6) is 0. The third-order valence-electron chi connectivity index (χ3n) is 3.24. The number of nitriles is 1. The maximum Gasteiger partial charge on any atom is 0.416 e. The largest absolute Gasteiger partial charge is 0.416 e. The van der Waals surface area contributed by atoms with E-state index in [1.54, 1.807) is 0 Å². The van der Waals surface area contributed by atoms with Crippen LogP contribution in [-0.4, -0.2) is 19.1 Å². The summed E-state index contributed by atoms with van der Waals surface area (Å²) in [6, 6.07) is 5.11. The highest BCUT2D eigenvalue weighted by atomic mass is 19.4. The third-order valence-corrected chi connectivity index (χ3v) is 3.24. The number of halogens is 3. The second-order valence-corrected chi connectivity index (χ2v) is 4.69. The number of hydrogen-bond donors (Lipinski definition) is 1. The summed E-state index contributed by atoms with van der Waals surface area (Å²) >= 11 is 0. The molecule has 0 radical (unpaired) electrons. The van der Waals surface area contributed by atoms with Gasteiger partial charge in [0.25, 0.3) is 0 Å². The van der Waals surface area contributed by atoms with Gasteiger partial charge in [-0.25, -0.2) is 0 Å². The first-order chi connectivity index (χ1) is 8.91. The van der Waals surface area contributed by atoms with Gasteiger partial charge >= 0.3 is 6.18 Å². The molecule has 0 saturated carbocycles. The van der Waals surface area contributed by atoms with Gasteiger partial charge < -0.3 is 10.6 Å². The number of rotatable bonds is 1. The number of benzene rings is 1. The molecule has 2 N–H and O–H groups in total. The Labute approximate surface area is 109 Å². The highest BCUT2D eigenvalue weighted by Gasteiger charge is 2.31. The minimum Gasteiger partial charge on any atom is -0.369 e. The van der Waals surface area contributed by atoms with Crippen molar-refractivity contribution in [3.63, 3.8) is 0 Å². The Bertz CT molecular complexity index is 505. The number of alkyl halides is 3. The highest BCUT2D eigenvalue weighted by molar-refractivity contribution is 5.61. The highest BCUT2D eigenvalue weighted by Crippen LogP contribution is 2.33. The van der Waals surface area contributed by atoms with Crippen molar-refractivity contribution in [1.82, 2.24) is 0 Å². The quantitative estimate of drug-likeness (QED) is 0.852. The smallest absolute Gasteiger partial charge is 0.369 e. The van der Waals surface area contributed by atoms with Crippen molar-refractivity contribution in [2.75, 3.05) is 18.0 Å². The molecule has 0 bridgehead atoms. The summed E-state index contributed by atoms with van der Waals surface area (Å²) in [5, 5.41) is 9.03. The molecule has 1 aliphatic heterocycles. The normalized spacial score (nSPS) is 20.2. The van der Waals surface area contributed by atoms with E-state index < -0.39 is 11.7 Å². The molecule has 1 atom stereocenters. The summed E-state index contributed by atoms with van der Waals surface area (Å²) in [5.41, 5.74) is 5.63. The molecule has 2 rings (SSSR count). The van der Waals surface area contributed by atoms with E-state index in [2.05, 4.69) is 0 Å². The van der Waals surface area contributed by atoms with Gasteiger partial charge in [-0.05, 0) is 31.0 Å². The van der Waals surface area contributed by atoms with Crippen LogP contribution in [0.1, 0.15) is 24.0 Å². The monoisotopic (exact) mass is 269 g/mol. The molecular formula is C13H14F3N3. The molecule has 1 aromatic rings. The van der Waals surface area contributed by atoms with Gasteiger partial charge in [-0.1, -0.05) is 0 Å². The Morgan fingerprint density at radius 1 is 1.37 bits per heavy atom. The fraction of sp³-hybridized carbons (Fsp3) is 0.462. The van der Waals surface area contributed by atoms with Crippen LogP contribution >= 0.6 is 0 Å². The summed E-state index contributed by atoms with van der Waals surface area (Å²) in [6.45, 7) is 1.29. The predicted molar refractivity (Wildman–Crippen MR) is 65.6 cm³/mol. The fourth-order valence-corrected chi connectivity index (χ4v) is 2.31. The lowest BCUT2D eigenvalue weighted by Gasteiger charge is -2.33. The molecule has 0 aliphatic carbocycles. The Morgan fingerprint density at radius 2 is 2.11 bits per heavy atom. The van der Waals surface area contributed by atoms with Crippen LogP contribution in [0.5, 0.6) is 0 Å². The topological polar surface area (TPSA) is 53.0 Å². The van der Waals surface area contributed by atoms with Crippen molar-refractivity contribution >= 4 is 5.69 Å². The molecule has 1 heterocycles. The summed E-state index contributed by atoms with van der Waals surface area (Å²) in [6.07, 6.45) is -2.64. The van der Waals surface area contributed by atoms with E-state index in [4.69, 9.17) is 11.0 Å². The lowest BCUT2D eigenvalue weighted by atomic mass is 10.0. The van der Waals surface area contributed by atoms with Gasteiger partial charge in [0.1, 0.15) is 6.07 Å². The molecule has 102 valence electrons. The van der Waals surface area contributed by atoms with Crippen LogP contribution in [-0.2, 0) is 6.18 Å². The lowest BCUT2D eigenvalue weighted by Crippen LogP contribution is -2.43. The van der Waals surface area contributed by atoms with Crippen LogP contribution in [0.25, 0.3) is 0 Å². The standard InChI is InChI=1S/C13H14F3N3/c14-13(15,16)10-3-4-12(9(6-10)7-17)19-5-1-2-11(18)8-19/h3-4,6,11H,1-2,5,8,18H2/t11-/m1/s1. The average Bonchev–Trinajstić information content (AvgIpc) is 2.37. The van der Waals surface area contributed by atoms with E-state index in [1.165, 1.54) is 6.07 Å². The molecule has 0 aromatic heterocycles. The molecule has 1 saturated heterocycles. The van der Waals surface area contributed by atoms with E-state index in [0.29, 0.717) is 18.8 Å². The van der Waals surface area contributed by atoms with E-state index in [9.17, 15) is 13.2 Å². The van der Waals surface area contributed by atoms with E-state index >= 15 is 0 Å². The average molecular weight is 269 g/mol. The minimum absolute atomic E-state index is 0.00239. The van der Waals surface area contributed by atoms with Gasteiger partial charge in [0, 0.05) is 19.1 Å². The minimum atomic E-state index is -4.43. The zero-order valence-corrected chi connectivity index (χ0v) is 10.2. The molecular weight excluding hydrogens is 255 g/mol. The maximum atomic E-state index is 12.6. The van der Waals surface area contributed by atoms with Crippen molar-refractivity contribution in [2.45, 2.75) is 25.1 Å². The van der Waals surface area contributed by atoms with Crippen LogP contribution in [0.15, 0.2) is 18.2 Å². The van der Waals surface area contributed by atoms with Gasteiger partial charge in [0.15, 0.2) is 0 Å². The van der Waals surface area contributed by atoms with E-state index in [0.717, 1.165) is 25.0 Å². The van der Waals surface area contributed by atoms with Gasteiger partial charge in [-0.2, -0.15) is 18.4 Å². The van der Waals surface area contributed by atoms with Crippen LogP contribution in [0.3, 0.4) is 0 Å². The zero-order valence-electron chi connectivity index (χ0n) is 10.2. The Balaban J connectivity index is 2.34. The third kappa shape index (κ3) is 2.99. The molecule has 3 nitrogen and oxygen atoms in total. The van der Waals surface area contributed by atoms with Crippen molar-refractivity contribution in [2.24, 2.45) is 5.73 Å². The second-order valence-electron chi connectivity index (χ2n) is 4.69. The van der Waals surface area contributed by atoms with Crippen molar-refractivity contribution in [3.05, 3.63) is 29.3 Å². The number of anilines is 1. The summed E-state index contributed by atoms with van der Waals surface area (Å²) in [7, 11) is 0. The van der Waals surface area contributed by atoms with Crippen LogP contribution in [0, 0.1) is 11.3 Å². The zero-order chi connectivity index (χ0) is 14.0. The lowest BCUT2D eigenvalue weighted by molar-refractivity contribution is -0.137. The van der Waals surface area contributed by atoms with Crippen LogP contribution < -0.4 is 10.6 Å². The first-order valence-corrected chi connectivity index (χ1v) is 6.03. The molecule has 1 fully saturated rings. The number of nitrogens with two attached hydrogens (primary N) is 1. The van der Waals surface area contributed by atoms with E-state index in [1.807, 2.05) is 11.0 Å². The van der Waals surface area contributed by atoms with Crippen molar-refractivity contribution in [1.29, 1.82) is 5.26 Å². The summed E-state index contributed by atoms with van der Waals surface area (Å²) in [4.78, 5) is 1.88. The maximum absolute atomic E-state index is 12.6. The second kappa shape index (κ2) is 5.10. The Kier molecular flexibility index (Phi) is 3.67. The van der Waals surface area contributed by atoms with Gasteiger partial charge in [-0.15, -0.1) is 0 Å². The van der Waals surface area contributed by atoms with Crippen LogP contribution in [0.2, 0.25) is 0 Å². The van der Waals surface area contributed by atoms with Crippen LogP contribution in [0.4, 0.5) is 18.9 Å². The van der Waals surface area contributed by atoms with Crippen molar-refractivity contribution < 1.29 is 13.2 Å². The Hall–Kier alpha value is -1.74.